The number of fused-ring (bicyclic) bond motifs is 1. The van der Waals surface area contributed by atoms with E-state index in [1.165, 1.54) is 22.3 Å². The van der Waals surface area contributed by atoms with Crippen LogP contribution in [0.3, 0.4) is 0 Å². The van der Waals surface area contributed by atoms with Crippen molar-refractivity contribution in [2.75, 3.05) is 18.9 Å². The molecule has 2 aromatic rings. The van der Waals surface area contributed by atoms with Crippen LogP contribution in [0.15, 0.2) is 18.2 Å². The molecule has 1 N–H and O–H groups in total. The second-order valence-electron chi connectivity index (χ2n) is 6.76. The standard InChI is InChI=1S/C20H21ClFN3OS/c1-25(12-15-16(21)6-4-7-17(15)22)10-9-19(26)24-20-14(11-23)13-5-2-3-8-18(13)27-20/h4,6-7H,2-3,5,8-10,12H2,1H3,(H,24,26). The molecule has 0 radical (unpaired) electrons. The first-order valence-corrected chi connectivity index (χ1v) is 10.1. The summed E-state index contributed by atoms with van der Waals surface area (Å²) in [5.74, 6) is -0.488. The summed E-state index contributed by atoms with van der Waals surface area (Å²) < 4.78 is 13.9. The first kappa shape index (κ1) is 19.8. The van der Waals surface area contributed by atoms with Crippen LogP contribution in [0.1, 0.15) is 40.8 Å². The van der Waals surface area contributed by atoms with Crippen LogP contribution in [0.5, 0.6) is 0 Å². The van der Waals surface area contributed by atoms with E-state index in [4.69, 9.17) is 11.6 Å². The van der Waals surface area contributed by atoms with Gasteiger partial charge in [0.1, 0.15) is 16.9 Å². The first-order valence-electron chi connectivity index (χ1n) is 8.95. The number of rotatable bonds is 6. The molecule has 3 rings (SSSR count). The van der Waals surface area contributed by atoms with Crippen LogP contribution < -0.4 is 5.32 Å². The van der Waals surface area contributed by atoms with E-state index < -0.39 is 0 Å². The van der Waals surface area contributed by atoms with Gasteiger partial charge in [0, 0.05) is 35.0 Å². The molecular formula is C20H21ClFN3OS. The van der Waals surface area contributed by atoms with Gasteiger partial charge in [0.2, 0.25) is 5.91 Å². The molecule has 0 saturated heterocycles. The number of aryl methyl sites for hydroxylation is 1. The lowest BCUT2D eigenvalue weighted by atomic mass is 9.96. The van der Waals surface area contributed by atoms with Crippen LogP contribution >= 0.6 is 22.9 Å². The molecule has 1 aromatic carbocycles. The van der Waals surface area contributed by atoms with E-state index >= 15 is 0 Å². The summed E-state index contributed by atoms with van der Waals surface area (Å²) >= 11 is 7.57. The third-order valence-electron chi connectivity index (χ3n) is 4.75. The van der Waals surface area contributed by atoms with Gasteiger partial charge in [0.15, 0.2) is 0 Å². The van der Waals surface area contributed by atoms with Crippen molar-refractivity contribution < 1.29 is 9.18 Å². The van der Waals surface area contributed by atoms with Crippen molar-refractivity contribution in [2.24, 2.45) is 0 Å². The molecule has 1 amide bonds. The fraction of sp³-hybridized carbons (Fsp3) is 0.400. The summed E-state index contributed by atoms with van der Waals surface area (Å²) in [4.78, 5) is 15.4. The predicted octanol–water partition coefficient (Wildman–Crippen LogP) is 4.75. The van der Waals surface area contributed by atoms with E-state index in [0.717, 1.165) is 31.2 Å². The Bertz CT molecular complexity index is 870. The summed E-state index contributed by atoms with van der Waals surface area (Å²) in [5, 5.41) is 13.4. The quantitative estimate of drug-likeness (QED) is 0.754. The van der Waals surface area contributed by atoms with Crippen molar-refractivity contribution >= 4 is 33.8 Å². The minimum atomic E-state index is -0.346. The summed E-state index contributed by atoms with van der Waals surface area (Å²) in [5.41, 5.74) is 2.16. The van der Waals surface area contributed by atoms with Crippen molar-refractivity contribution in [3.8, 4) is 6.07 Å². The monoisotopic (exact) mass is 405 g/mol. The second kappa shape index (κ2) is 8.83. The van der Waals surface area contributed by atoms with Gasteiger partial charge in [0.25, 0.3) is 0 Å². The smallest absolute Gasteiger partial charge is 0.226 e. The Morgan fingerprint density at radius 2 is 2.19 bits per heavy atom. The summed E-state index contributed by atoms with van der Waals surface area (Å²) in [6.45, 7) is 0.791. The number of nitriles is 1. The first-order chi connectivity index (χ1) is 13.0. The molecule has 1 aliphatic rings. The maximum atomic E-state index is 13.9. The van der Waals surface area contributed by atoms with Gasteiger partial charge in [-0.25, -0.2) is 4.39 Å². The fourth-order valence-electron chi connectivity index (χ4n) is 3.29. The van der Waals surface area contributed by atoms with Crippen molar-refractivity contribution in [1.82, 2.24) is 4.90 Å². The highest BCUT2D eigenvalue weighted by atomic mass is 35.5. The Labute approximate surface area is 167 Å². The number of amides is 1. The number of carbonyl (C=O) groups is 1. The van der Waals surface area contributed by atoms with Crippen molar-refractivity contribution in [2.45, 2.75) is 38.6 Å². The van der Waals surface area contributed by atoms with E-state index in [1.54, 1.807) is 12.1 Å². The number of anilines is 1. The highest BCUT2D eigenvalue weighted by Crippen LogP contribution is 2.37. The highest BCUT2D eigenvalue weighted by Gasteiger charge is 2.21. The van der Waals surface area contributed by atoms with Gasteiger partial charge >= 0.3 is 0 Å². The van der Waals surface area contributed by atoms with Crippen LogP contribution in [-0.4, -0.2) is 24.4 Å². The molecule has 0 bridgehead atoms. The Balaban J connectivity index is 1.57. The number of carbonyl (C=O) groups excluding carboxylic acids is 1. The van der Waals surface area contributed by atoms with Gasteiger partial charge < -0.3 is 10.2 Å². The van der Waals surface area contributed by atoms with Gasteiger partial charge in [-0.15, -0.1) is 11.3 Å². The lowest BCUT2D eigenvalue weighted by Crippen LogP contribution is -2.24. The lowest BCUT2D eigenvalue weighted by molar-refractivity contribution is -0.116. The number of hydrogen-bond acceptors (Lipinski definition) is 4. The average Bonchev–Trinajstić information content (AvgIpc) is 3.00. The van der Waals surface area contributed by atoms with Crippen LogP contribution in [0, 0.1) is 17.1 Å². The number of thiophene rings is 1. The van der Waals surface area contributed by atoms with E-state index in [-0.39, 0.29) is 18.1 Å². The Morgan fingerprint density at radius 1 is 1.41 bits per heavy atom. The zero-order chi connectivity index (χ0) is 19.4. The maximum Gasteiger partial charge on any atom is 0.226 e. The third kappa shape index (κ3) is 4.67. The van der Waals surface area contributed by atoms with Crippen LogP contribution in [0.4, 0.5) is 9.39 Å². The second-order valence-corrected chi connectivity index (χ2v) is 8.28. The molecule has 0 atom stereocenters. The molecule has 142 valence electrons. The normalized spacial score (nSPS) is 13.3. The molecule has 1 heterocycles. The molecule has 0 fully saturated rings. The molecule has 4 nitrogen and oxygen atoms in total. The number of benzene rings is 1. The number of nitrogens with one attached hydrogen (secondary N) is 1. The minimum absolute atomic E-state index is 0.142. The van der Waals surface area contributed by atoms with Crippen molar-refractivity contribution in [1.29, 1.82) is 5.26 Å². The van der Waals surface area contributed by atoms with Crippen LogP contribution in [0.25, 0.3) is 0 Å². The van der Waals surface area contributed by atoms with Crippen molar-refractivity contribution in [3.05, 3.63) is 50.6 Å². The summed E-state index contributed by atoms with van der Waals surface area (Å²) in [6.07, 6.45) is 4.38. The maximum absolute atomic E-state index is 13.9. The molecule has 1 aliphatic carbocycles. The Hall–Kier alpha value is -1.94. The van der Waals surface area contributed by atoms with Gasteiger partial charge in [-0.2, -0.15) is 5.26 Å². The topological polar surface area (TPSA) is 56.1 Å². The summed E-state index contributed by atoms with van der Waals surface area (Å²) in [7, 11) is 1.82. The van der Waals surface area contributed by atoms with Gasteiger partial charge in [0.05, 0.1) is 5.56 Å². The number of nitrogens with zero attached hydrogens (tertiary/aromatic N) is 2. The molecule has 0 unspecified atom stereocenters. The predicted molar refractivity (Wildman–Crippen MR) is 107 cm³/mol. The van der Waals surface area contributed by atoms with Gasteiger partial charge in [-0.1, -0.05) is 17.7 Å². The van der Waals surface area contributed by atoms with E-state index in [9.17, 15) is 14.4 Å². The Kier molecular flexibility index (Phi) is 6.48. The average molecular weight is 406 g/mol. The SMILES string of the molecule is CN(CCC(=O)Nc1sc2c(c1C#N)CCCC2)Cc1c(F)cccc1Cl. The molecule has 0 spiro atoms. The molecule has 7 heteroatoms. The summed E-state index contributed by atoms with van der Waals surface area (Å²) in [6, 6.07) is 6.85. The molecule has 27 heavy (non-hydrogen) atoms. The Morgan fingerprint density at radius 3 is 2.93 bits per heavy atom. The lowest BCUT2D eigenvalue weighted by Gasteiger charge is -2.17. The van der Waals surface area contributed by atoms with Crippen molar-refractivity contribution in [3.63, 3.8) is 0 Å². The van der Waals surface area contributed by atoms with E-state index in [1.807, 2.05) is 11.9 Å². The fourth-order valence-corrected chi connectivity index (χ4v) is 4.76. The van der Waals surface area contributed by atoms with E-state index in [2.05, 4.69) is 11.4 Å². The van der Waals surface area contributed by atoms with E-state index in [0.29, 0.717) is 34.2 Å². The number of hydrogen-bond donors (Lipinski definition) is 1. The van der Waals surface area contributed by atoms with Gasteiger partial charge in [-0.05, 0) is 50.4 Å². The molecule has 0 aliphatic heterocycles. The zero-order valence-electron chi connectivity index (χ0n) is 15.1. The largest absolute Gasteiger partial charge is 0.317 e. The molecule has 1 aromatic heterocycles. The van der Waals surface area contributed by atoms with Crippen LogP contribution in [0.2, 0.25) is 5.02 Å². The number of halogens is 2. The molecular weight excluding hydrogens is 385 g/mol. The van der Waals surface area contributed by atoms with Crippen LogP contribution in [-0.2, 0) is 24.2 Å². The molecule has 0 saturated carbocycles. The highest BCUT2D eigenvalue weighted by molar-refractivity contribution is 7.16. The minimum Gasteiger partial charge on any atom is -0.317 e. The van der Waals surface area contributed by atoms with Gasteiger partial charge in [-0.3, -0.25) is 4.79 Å². The third-order valence-corrected chi connectivity index (χ3v) is 6.31. The zero-order valence-corrected chi connectivity index (χ0v) is 16.7.